The van der Waals surface area contributed by atoms with E-state index in [1.807, 2.05) is 38.1 Å². The van der Waals surface area contributed by atoms with Crippen LogP contribution in [0.5, 0.6) is 5.75 Å². The third-order valence-corrected chi connectivity index (χ3v) is 4.35. The maximum absolute atomic E-state index is 12.8. The number of likely N-dealkylation sites (N-methyl/N-ethyl adjacent to an activating group) is 1. The Balaban J connectivity index is 2.14. The van der Waals surface area contributed by atoms with Crippen molar-refractivity contribution in [3.05, 3.63) is 64.7 Å². The third-order valence-electron chi connectivity index (χ3n) is 4.11. The number of carbonyl (C=O) groups excluding carboxylic acids is 2. The van der Waals surface area contributed by atoms with Crippen LogP contribution in [-0.2, 0) is 16.1 Å². The summed E-state index contributed by atoms with van der Waals surface area (Å²) in [5.41, 5.74) is 2.06. The minimum atomic E-state index is -0.610. The highest BCUT2D eigenvalue weighted by Gasteiger charge is 2.26. The molecule has 0 aliphatic rings. The van der Waals surface area contributed by atoms with Crippen LogP contribution < -0.4 is 10.1 Å². The maximum Gasteiger partial charge on any atom is 0.261 e. The number of benzene rings is 2. The first-order valence-electron chi connectivity index (χ1n) is 8.91. The van der Waals surface area contributed by atoms with Gasteiger partial charge in [-0.3, -0.25) is 9.59 Å². The minimum Gasteiger partial charge on any atom is -0.484 e. The molecule has 5 nitrogen and oxygen atoms in total. The molecule has 0 bridgehead atoms. The quantitative estimate of drug-likeness (QED) is 0.751. The molecular formula is C21H25ClN2O3. The van der Waals surface area contributed by atoms with Crippen molar-refractivity contribution in [2.24, 2.45) is 0 Å². The van der Waals surface area contributed by atoms with Gasteiger partial charge in [-0.15, -0.1) is 0 Å². The molecule has 2 aromatic rings. The van der Waals surface area contributed by atoms with E-state index in [9.17, 15) is 9.59 Å². The van der Waals surface area contributed by atoms with E-state index < -0.39 is 6.04 Å². The number of nitrogens with zero attached hydrogens (tertiary/aromatic N) is 1. The first-order valence-corrected chi connectivity index (χ1v) is 9.29. The molecule has 6 heteroatoms. The average molecular weight is 389 g/mol. The Morgan fingerprint density at radius 3 is 2.59 bits per heavy atom. The monoisotopic (exact) mass is 388 g/mol. The van der Waals surface area contributed by atoms with Gasteiger partial charge in [0.2, 0.25) is 5.91 Å². The second kappa shape index (κ2) is 9.97. The van der Waals surface area contributed by atoms with Gasteiger partial charge in [0.1, 0.15) is 11.8 Å². The third kappa shape index (κ3) is 6.29. The summed E-state index contributed by atoms with van der Waals surface area (Å²) in [5.74, 6) is 0.0495. The molecule has 2 aromatic carbocycles. The van der Waals surface area contributed by atoms with Gasteiger partial charge in [-0.1, -0.05) is 47.5 Å². The van der Waals surface area contributed by atoms with Gasteiger partial charge < -0.3 is 15.0 Å². The van der Waals surface area contributed by atoms with E-state index >= 15 is 0 Å². The molecule has 0 aliphatic heterocycles. The molecular weight excluding hydrogens is 364 g/mol. The van der Waals surface area contributed by atoms with E-state index in [0.29, 0.717) is 23.9 Å². The summed E-state index contributed by atoms with van der Waals surface area (Å²) >= 11 is 5.94. The summed E-state index contributed by atoms with van der Waals surface area (Å²) < 4.78 is 5.57. The van der Waals surface area contributed by atoms with Gasteiger partial charge in [0.15, 0.2) is 6.61 Å². The molecule has 0 fully saturated rings. The number of hydrogen-bond acceptors (Lipinski definition) is 3. The highest BCUT2D eigenvalue weighted by atomic mass is 35.5. The van der Waals surface area contributed by atoms with Gasteiger partial charge in [-0.25, -0.2) is 0 Å². The summed E-state index contributed by atoms with van der Waals surface area (Å²) in [6.07, 6.45) is 0. The largest absolute Gasteiger partial charge is 0.484 e. The van der Waals surface area contributed by atoms with Crippen molar-refractivity contribution in [2.75, 3.05) is 13.2 Å². The van der Waals surface area contributed by atoms with E-state index in [-0.39, 0.29) is 18.4 Å². The van der Waals surface area contributed by atoms with Gasteiger partial charge in [0.05, 0.1) is 0 Å². The second-order valence-corrected chi connectivity index (χ2v) is 6.76. The molecule has 27 heavy (non-hydrogen) atoms. The van der Waals surface area contributed by atoms with Crippen LogP contribution in [0.25, 0.3) is 0 Å². The lowest BCUT2D eigenvalue weighted by Crippen LogP contribution is -2.49. The van der Waals surface area contributed by atoms with E-state index in [1.165, 1.54) is 4.90 Å². The van der Waals surface area contributed by atoms with E-state index in [2.05, 4.69) is 5.32 Å². The van der Waals surface area contributed by atoms with Crippen LogP contribution in [0.15, 0.2) is 48.5 Å². The molecule has 144 valence electrons. The summed E-state index contributed by atoms with van der Waals surface area (Å²) in [7, 11) is 0. The Labute approximate surface area is 165 Å². The Hall–Kier alpha value is -2.53. The number of hydrogen-bond donors (Lipinski definition) is 1. The number of nitrogens with one attached hydrogen (secondary N) is 1. The standard InChI is InChI=1S/C21H25ClN2O3/c1-4-23-21(26)16(3)24(13-17-8-5-7-15(2)11-17)20(25)14-27-19-10-6-9-18(22)12-19/h5-12,16H,4,13-14H2,1-3H3,(H,23,26). The molecule has 0 saturated heterocycles. The van der Waals surface area contributed by atoms with Crippen LogP contribution in [0.2, 0.25) is 5.02 Å². The highest BCUT2D eigenvalue weighted by molar-refractivity contribution is 6.30. The first-order chi connectivity index (χ1) is 12.9. The minimum absolute atomic E-state index is 0.171. The van der Waals surface area contributed by atoms with Crippen molar-refractivity contribution < 1.29 is 14.3 Å². The van der Waals surface area contributed by atoms with Crippen molar-refractivity contribution in [3.63, 3.8) is 0 Å². The zero-order valence-corrected chi connectivity index (χ0v) is 16.6. The number of ether oxygens (including phenoxy) is 1. The second-order valence-electron chi connectivity index (χ2n) is 6.33. The van der Waals surface area contributed by atoms with Crippen LogP contribution >= 0.6 is 11.6 Å². The molecule has 0 aliphatic carbocycles. The maximum atomic E-state index is 12.8. The Bertz CT molecular complexity index is 795. The smallest absolute Gasteiger partial charge is 0.261 e. The lowest BCUT2D eigenvalue weighted by molar-refractivity contribution is -0.142. The van der Waals surface area contributed by atoms with Crippen LogP contribution in [-0.4, -0.2) is 35.9 Å². The molecule has 0 spiro atoms. The van der Waals surface area contributed by atoms with Gasteiger partial charge in [-0.05, 0) is 44.5 Å². The molecule has 1 unspecified atom stereocenters. The number of carbonyl (C=O) groups is 2. The van der Waals surface area contributed by atoms with Gasteiger partial charge in [0, 0.05) is 18.1 Å². The van der Waals surface area contributed by atoms with Crippen LogP contribution in [0, 0.1) is 6.92 Å². The molecule has 0 saturated carbocycles. The fourth-order valence-corrected chi connectivity index (χ4v) is 2.88. The Morgan fingerprint density at radius 2 is 1.93 bits per heavy atom. The fourth-order valence-electron chi connectivity index (χ4n) is 2.70. The number of rotatable bonds is 8. The van der Waals surface area contributed by atoms with E-state index in [0.717, 1.165) is 11.1 Å². The fraction of sp³-hybridized carbons (Fsp3) is 0.333. The van der Waals surface area contributed by atoms with Crippen molar-refractivity contribution in [3.8, 4) is 5.75 Å². The number of halogens is 1. The molecule has 0 heterocycles. The summed E-state index contributed by atoms with van der Waals surface area (Å²) in [6.45, 7) is 6.23. The van der Waals surface area contributed by atoms with Crippen LogP contribution in [0.1, 0.15) is 25.0 Å². The van der Waals surface area contributed by atoms with Gasteiger partial charge >= 0.3 is 0 Å². The number of aryl methyl sites for hydroxylation is 1. The SMILES string of the molecule is CCNC(=O)C(C)N(Cc1cccc(C)c1)C(=O)COc1cccc(Cl)c1. The molecule has 1 N–H and O–H groups in total. The van der Waals surface area contributed by atoms with E-state index in [1.54, 1.807) is 31.2 Å². The molecule has 0 radical (unpaired) electrons. The van der Waals surface area contributed by atoms with Gasteiger partial charge in [0.25, 0.3) is 5.91 Å². The summed E-state index contributed by atoms with van der Waals surface area (Å²) in [5, 5.41) is 3.30. The van der Waals surface area contributed by atoms with Gasteiger partial charge in [-0.2, -0.15) is 0 Å². The van der Waals surface area contributed by atoms with Crippen molar-refractivity contribution >= 4 is 23.4 Å². The molecule has 0 aromatic heterocycles. The first kappa shape index (κ1) is 20.8. The predicted octanol–water partition coefficient (Wildman–Crippen LogP) is 3.58. The van der Waals surface area contributed by atoms with Crippen molar-refractivity contribution in [1.82, 2.24) is 10.2 Å². The lowest BCUT2D eigenvalue weighted by atomic mass is 10.1. The van der Waals surface area contributed by atoms with Crippen LogP contribution in [0.4, 0.5) is 0 Å². The normalized spacial score (nSPS) is 11.6. The summed E-state index contributed by atoms with van der Waals surface area (Å²) in [4.78, 5) is 26.7. The van der Waals surface area contributed by atoms with Crippen molar-refractivity contribution in [2.45, 2.75) is 33.4 Å². The lowest BCUT2D eigenvalue weighted by Gasteiger charge is -2.28. The summed E-state index contributed by atoms with van der Waals surface area (Å²) in [6, 6.07) is 14.1. The molecule has 2 amide bonds. The predicted molar refractivity (Wildman–Crippen MR) is 107 cm³/mol. The Morgan fingerprint density at radius 1 is 1.19 bits per heavy atom. The van der Waals surface area contributed by atoms with E-state index in [4.69, 9.17) is 16.3 Å². The molecule has 1 atom stereocenters. The van der Waals surface area contributed by atoms with Crippen molar-refractivity contribution in [1.29, 1.82) is 0 Å². The molecule has 2 rings (SSSR count). The zero-order valence-electron chi connectivity index (χ0n) is 15.9. The zero-order chi connectivity index (χ0) is 19.8. The number of amides is 2. The van der Waals surface area contributed by atoms with Crippen LogP contribution in [0.3, 0.4) is 0 Å². The topological polar surface area (TPSA) is 58.6 Å². The Kier molecular flexibility index (Phi) is 7.67. The average Bonchev–Trinajstić information content (AvgIpc) is 2.64. The highest BCUT2D eigenvalue weighted by Crippen LogP contribution is 2.18.